The fourth-order valence-electron chi connectivity index (χ4n) is 6.53. The van der Waals surface area contributed by atoms with Crippen LogP contribution >= 0.6 is 11.8 Å². The van der Waals surface area contributed by atoms with E-state index in [0.717, 1.165) is 19.5 Å². The summed E-state index contributed by atoms with van der Waals surface area (Å²) in [6.07, 6.45) is 3.76. The summed E-state index contributed by atoms with van der Waals surface area (Å²) in [6.45, 7) is 12.1. The summed E-state index contributed by atoms with van der Waals surface area (Å²) in [5.74, 6) is -2.96. The largest absolute Gasteiger partial charge is 0.481 e. The Morgan fingerprint density at radius 2 is 2.09 bits per heavy atom. The number of nitrogens with zero attached hydrogens (tertiary/aromatic N) is 3. The number of carboxylic acids is 1. The van der Waals surface area contributed by atoms with E-state index in [1.165, 1.54) is 11.8 Å². The number of likely N-dealkylation sites (tertiary alicyclic amines) is 1. The van der Waals surface area contributed by atoms with Crippen molar-refractivity contribution in [2.75, 3.05) is 52.5 Å². The molecular weight excluding hydrogens is 470 g/mol. The second-order valence-corrected chi connectivity index (χ2v) is 11.9. The predicted octanol–water partition coefficient (Wildman–Crippen LogP) is 0.916. The summed E-state index contributed by atoms with van der Waals surface area (Å²) >= 11 is 1.53. The number of ether oxygens (including phenoxy) is 1. The number of aliphatic carboxylic acids is 1. The van der Waals surface area contributed by atoms with Gasteiger partial charge in [0.1, 0.15) is 6.04 Å². The van der Waals surface area contributed by atoms with Gasteiger partial charge in [-0.05, 0) is 18.8 Å². The molecular formula is C25H39N3O6S. The van der Waals surface area contributed by atoms with Crippen molar-refractivity contribution in [2.45, 2.75) is 55.2 Å². The predicted molar refractivity (Wildman–Crippen MR) is 133 cm³/mol. The lowest BCUT2D eigenvalue weighted by Crippen LogP contribution is -2.59. The highest BCUT2D eigenvalue weighted by Crippen LogP contribution is 2.66. The molecule has 0 aromatic heterocycles. The number of carbonyl (C=O) groups is 3. The average molecular weight is 510 g/mol. The topological polar surface area (TPSA) is 111 Å². The van der Waals surface area contributed by atoms with Crippen molar-refractivity contribution >= 4 is 29.5 Å². The summed E-state index contributed by atoms with van der Waals surface area (Å²) in [6, 6.07) is -1.31. The first-order valence-corrected chi connectivity index (χ1v) is 13.7. The highest BCUT2D eigenvalue weighted by molar-refractivity contribution is 8.02. The first-order chi connectivity index (χ1) is 16.8. The van der Waals surface area contributed by atoms with E-state index in [2.05, 4.69) is 11.5 Å². The third-order valence-electron chi connectivity index (χ3n) is 8.55. The van der Waals surface area contributed by atoms with E-state index in [1.807, 2.05) is 13.8 Å². The molecule has 0 radical (unpaired) electrons. The molecule has 2 bridgehead atoms. The number of morpholine rings is 1. The van der Waals surface area contributed by atoms with Crippen molar-refractivity contribution in [1.29, 1.82) is 0 Å². The van der Waals surface area contributed by atoms with Crippen LogP contribution in [0.15, 0.2) is 12.7 Å². The van der Waals surface area contributed by atoms with Crippen LogP contribution in [0.2, 0.25) is 0 Å². The highest BCUT2D eigenvalue weighted by Gasteiger charge is 2.74. The molecule has 35 heavy (non-hydrogen) atoms. The lowest BCUT2D eigenvalue weighted by molar-refractivity contribution is -0.150. The van der Waals surface area contributed by atoms with Gasteiger partial charge in [0.05, 0.1) is 42.4 Å². The SMILES string of the molecule is C=CCN(CCN1CCOCC1)C(=O)C1N([C@@H](CO)[C@@H](C)CC)C(=O)[C@@H]2[C@H](C(=O)O)[C@@H]3CCC12S3. The summed E-state index contributed by atoms with van der Waals surface area (Å²) in [5, 5.41) is 20.2. The number of carbonyl (C=O) groups excluding carboxylic acids is 2. The van der Waals surface area contributed by atoms with Gasteiger partial charge in [-0.25, -0.2) is 0 Å². The maximum atomic E-state index is 14.3. The van der Waals surface area contributed by atoms with E-state index in [1.54, 1.807) is 15.9 Å². The van der Waals surface area contributed by atoms with Crippen molar-refractivity contribution in [3.05, 3.63) is 12.7 Å². The minimum absolute atomic E-state index is 0.0267. The Morgan fingerprint density at radius 3 is 2.69 bits per heavy atom. The maximum absolute atomic E-state index is 14.3. The first kappa shape index (κ1) is 26.4. The van der Waals surface area contributed by atoms with Gasteiger partial charge in [0.2, 0.25) is 11.8 Å². The molecule has 0 aliphatic carbocycles. The van der Waals surface area contributed by atoms with Gasteiger partial charge < -0.3 is 24.7 Å². The van der Waals surface area contributed by atoms with Crippen molar-refractivity contribution in [1.82, 2.24) is 14.7 Å². The number of rotatable bonds is 11. The number of aliphatic hydroxyl groups excluding tert-OH is 1. The summed E-state index contributed by atoms with van der Waals surface area (Å²) in [7, 11) is 0. The van der Waals surface area contributed by atoms with Crippen LogP contribution in [0.1, 0.15) is 33.1 Å². The third-order valence-corrected chi connectivity index (χ3v) is 10.5. The molecule has 7 atom stereocenters. The quantitative estimate of drug-likeness (QED) is 0.396. The Morgan fingerprint density at radius 1 is 1.37 bits per heavy atom. The molecule has 10 heteroatoms. The van der Waals surface area contributed by atoms with Crippen LogP contribution in [0, 0.1) is 17.8 Å². The molecule has 4 saturated heterocycles. The monoisotopic (exact) mass is 509 g/mol. The lowest BCUT2D eigenvalue weighted by atomic mass is 9.71. The molecule has 4 aliphatic heterocycles. The average Bonchev–Trinajstić information content (AvgIpc) is 3.50. The van der Waals surface area contributed by atoms with Gasteiger partial charge in [-0.15, -0.1) is 18.3 Å². The van der Waals surface area contributed by atoms with Gasteiger partial charge in [-0.2, -0.15) is 0 Å². The molecule has 4 aliphatic rings. The van der Waals surface area contributed by atoms with Crippen molar-refractivity contribution in [3.8, 4) is 0 Å². The van der Waals surface area contributed by atoms with Crippen LogP contribution in [0.5, 0.6) is 0 Å². The molecule has 4 fully saturated rings. The number of hydrogen-bond donors (Lipinski definition) is 2. The minimum atomic E-state index is -0.963. The summed E-state index contributed by atoms with van der Waals surface area (Å²) in [5.41, 5.74) is 0. The van der Waals surface area contributed by atoms with Crippen LogP contribution in [-0.2, 0) is 19.1 Å². The van der Waals surface area contributed by atoms with Gasteiger partial charge in [0.25, 0.3) is 0 Å². The molecule has 2 amide bonds. The molecule has 4 rings (SSSR count). The highest BCUT2D eigenvalue weighted by atomic mass is 32.2. The molecule has 196 valence electrons. The van der Waals surface area contributed by atoms with Crippen LogP contribution in [0.25, 0.3) is 0 Å². The number of amides is 2. The Labute approximate surface area is 211 Å². The van der Waals surface area contributed by atoms with Crippen molar-refractivity contribution < 1.29 is 29.3 Å². The molecule has 9 nitrogen and oxygen atoms in total. The number of aliphatic hydroxyl groups is 1. The molecule has 2 N–H and O–H groups in total. The van der Waals surface area contributed by atoms with Gasteiger partial charge in [-0.3, -0.25) is 19.3 Å². The Balaban J connectivity index is 1.68. The van der Waals surface area contributed by atoms with E-state index in [0.29, 0.717) is 45.7 Å². The van der Waals surface area contributed by atoms with Crippen LogP contribution in [0.4, 0.5) is 0 Å². The van der Waals surface area contributed by atoms with Gasteiger partial charge in [0, 0.05) is 38.0 Å². The van der Waals surface area contributed by atoms with Crippen LogP contribution in [0.3, 0.4) is 0 Å². The molecule has 1 spiro atoms. The van der Waals surface area contributed by atoms with Crippen molar-refractivity contribution in [2.24, 2.45) is 17.8 Å². The molecule has 0 saturated carbocycles. The van der Waals surface area contributed by atoms with Gasteiger partial charge >= 0.3 is 5.97 Å². The Bertz CT molecular complexity index is 836. The minimum Gasteiger partial charge on any atom is -0.481 e. The van der Waals surface area contributed by atoms with E-state index >= 15 is 0 Å². The first-order valence-electron chi connectivity index (χ1n) is 12.8. The van der Waals surface area contributed by atoms with E-state index in [9.17, 15) is 24.6 Å². The third kappa shape index (κ3) is 4.51. The summed E-state index contributed by atoms with van der Waals surface area (Å²) < 4.78 is 4.67. The smallest absolute Gasteiger partial charge is 0.308 e. The standard InChI is InChI=1S/C25H39N3O6S/c1-4-8-27(10-9-26-11-13-34-14-12-26)23(31)21-25-7-6-18(35-25)19(24(32)33)20(25)22(30)28(21)17(15-29)16(3)5-2/h4,16-21,29H,1,5-15H2,2-3H3,(H,32,33)/t16-,17-,18-,19+,20-,21?,25?/m0/s1. The molecule has 2 unspecified atom stereocenters. The fraction of sp³-hybridized carbons (Fsp3) is 0.800. The zero-order valence-electron chi connectivity index (χ0n) is 20.8. The van der Waals surface area contributed by atoms with E-state index in [4.69, 9.17) is 4.74 Å². The number of fused-ring (bicyclic) bond motifs is 1. The van der Waals surface area contributed by atoms with Gasteiger partial charge in [0.15, 0.2) is 0 Å². The Hall–Kier alpha value is -1.62. The van der Waals surface area contributed by atoms with E-state index in [-0.39, 0.29) is 29.6 Å². The zero-order chi connectivity index (χ0) is 25.3. The maximum Gasteiger partial charge on any atom is 0.308 e. The van der Waals surface area contributed by atoms with E-state index < -0.39 is 34.6 Å². The fourth-order valence-corrected chi connectivity index (χ4v) is 8.72. The number of thioether (sulfide) groups is 1. The second kappa shape index (κ2) is 10.8. The van der Waals surface area contributed by atoms with Gasteiger partial charge in [-0.1, -0.05) is 26.3 Å². The number of carboxylic acid groups (broad SMARTS) is 1. The summed E-state index contributed by atoms with van der Waals surface area (Å²) in [4.78, 5) is 46.1. The normalized spacial score (nSPS) is 34.0. The zero-order valence-corrected chi connectivity index (χ0v) is 21.6. The molecule has 0 aromatic carbocycles. The van der Waals surface area contributed by atoms with Crippen molar-refractivity contribution in [3.63, 3.8) is 0 Å². The van der Waals surface area contributed by atoms with Crippen LogP contribution < -0.4 is 0 Å². The lowest BCUT2D eigenvalue weighted by Gasteiger charge is -2.41. The molecule has 4 heterocycles. The number of hydrogen-bond acceptors (Lipinski definition) is 7. The Kier molecular flexibility index (Phi) is 8.15. The van der Waals surface area contributed by atoms with Crippen LogP contribution in [-0.4, -0.2) is 117 Å². The molecule has 0 aromatic rings. The second-order valence-electron chi connectivity index (χ2n) is 10.3.